The van der Waals surface area contributed by atoms with Crippen molar-refractivity contribution in [3.05, 3.63) is 218 Å². The molecule has 0 spiro atoms. The van der Waals surface area contributed by atoms with Crippen LogP contribution in [0.5, 0.6) is 0 Å². The van der Waals surface area contributed by atoms with Crippen molar-refractivity contribution in [1.82, 2.24) is 4.57 Å². The fourth-order valence-electron chi connectivity index (χ4n) is 8.74. The third-order valence-corrected chi connectivity index (χ3v) is 11.5. The lowest BCUT2D eigenvalue weighted by Gasteiger charge is -2.15. The summed E-state index contributed by atoms with van der Waals surface area (Å²) in [7, 11) is 0. The molecule has 1 N–H and O–H groups in total. The molecule has 0 bridgehead atoms. The average molecular weight is 714 g/mol. The van der Waals surface area contributed by atoms with Crippen LogP contribution in [0.15, 0.2) is 218 Å². The first kappa shape index (κ1) is 32.2. The Morgan fingerprint density at radius 1 is 0.286 bits per heavy atom. The van der Waals surface area contributed by atoms with Gasteiger partial charge in [-0.2, -0.15) is 0 Å². The Balaban J connectivity index is 0.942. The van der Waals surface area contributed by atoms with Gasteiger partial charge in [0.25, 0.3) is 0 Å². The minimum absolute atomic E-state index is 1.16. The highest BCUT2D eigenvalue weighted by Gasteiger charge is 2.33. The van der Waals surface area contributed by atoms with E-state index in [9.17, 15) is 0 Å². The summed E-state index contributed by atoms with van der Waals surface area (Å²) in [6.07, 6.45) is 0. The minimum Gasteiger partial charge on any atom is -0.309 e. The van der Waals surface area contributed by atoms with Crippen molar-refractivity contribution >= 4 is 38.9 Å². The Labute approximate surface area is 326 Å². The Morgan fingerprint density at radius 3 is 1.43 bits per heavy atom. The molecule has 11 rings (SSSR count). The first-order valence-electron chi connectivity index (χ1n) is 19.3. The van der Waals surface area contributed by atoms with Crippen LogP contribution in [0.3, 0.4) is 0 Å². The van der Waals surface area contributed by atoms with Gasteiger partial charge in [-0.3, -0.25) is 0 Å². The summed E-state index contributed by atoms with van der Waals surface area (Å²) in [6, 6.07) is 79.7. The second kappa shape index (κ2) is 13.2. The molecule has 0 saturated heterocycles. The van der Waals surface area contributed by atoms with Crippen molar-refractivity contribution in [3.63, 3.8) is 0 Å². The highest BCUT2D eigenvalue weighted by molar-refractivity contribution is 6.10. The molecule has 2 heterocycles. The van der Waals surface area contributed by atoms with E-state index in [0.29, 0.717) is 0 Å². The molecule has 1 aliphatic heterocycles. The normalized spacial score (nSPS) is 13.2. The average Bonchev–Trinajstić information content (AvgIpc) is 3.79. The first-order chi connectivity index (χ1) is 27.8. The Bertz CT molecular complexity index is 3030. The van der Waals surface area contributed by atoms with E-state index in [4.69, 9.17) is 0 Å². The third-order valence-electron chi connectivity index (χ3n) is 11.5. The smallest absolute Gasteiger partial charge is 0.149 e. The summed E-state index contributed by atoms with van der Waals surface area (Å²) in [6.45, 7) is 0. The number of quaternary nitrogens is 1. The molecular formula is C54H37N2+. The molecule has 1 aliphatic rings. The Kier molecular flexibility index (Phi) is 7.61. The number of nitrogens with one attached hydrogen (secondary N) is 1. The van der Waals surface area contributed by atoms with E-state index in [-0.39, 0.29) is 0 Å². The zero-order valence-corrected chi connectivity index (χ0v) is 30.7. The summed E-state index contributed by atoms with van der Waals surface area (Å²) in [5.41, 5.74) is 19.8. The maximum atomic E-state index is 2.40. The van der Waals surface area contributed by atoms with Crippen LogP contribution in [0.1, 0.15) is 0 Å². The van der Waals surface area contributed by atoms with Gasteiger partial charge in [-0.25, -0.2) is 4.90 Å². The molecule has 0 saturated carbocycles. The van der Waals surface area contributed by atoms with Crippen LogP contribution in [-0.4, -0.2) is 4.57 Å². The Morgan fingerprint density at radius 2 is 0.750 bits per heavy atom. The number of hydrogen-bond acceptors (Lipinski definition) is 0. The maximum absolute atomic E-state index is 2.40. The fourth-order valence-corrected chi connectivity index (χ4v) is 8.74. The number of benzene rings is 9. The molecule has 0 amide bonds. The lowest BCUT2D eigenvalue weighted by molar-refractivity contribution is -0.677. The summed E-state index contributed by atoms with van der Waals surface area (Å²) in [5.74, 6) is 0. The standard InChI is InChI=1S/C54H36N2/c1-3-11-37(12-4-1)39-19-21-40(22-20-39)42-25-31-46(32-26-42)56-52-18-10-8-16-48(52)50-36-44(28-34-54(50)56)43-27-33-53-49(35-43)47-15-7-9-17-51(47)55(53)45-29-23-41(24-30-45)38-13-5-2-6-14-38/h1-36H/p+1. The van der Waals surface area contributed by atoms with E-state index in [1.165, 1.54) is 99.4 Å². The van der Waals surface area contributed by atoms with Crippen LogP contribution < -0.4 is 4.90 Å². The fraction of sp³-hybridized carbons (Fsp3) is 0. The minimum atomic E-state index is 1.16. The molecule has 0 aliphatic carbocycles. The molecule has 1 aromatic heterocycles. The molecule has 2 nitrogen and oxygen atoms in total. The van der Waals surface area contributed by atoms with Gasteiger partial charge in [-0.1, -0.05) is 133 Å². The number of nitrogens with zero attached hydrogens (tertiary/aromatic N) is 1. The summed E-state index contributed by atoms with van der Waals surface area (Å²) in [4.78, 5) is 1.30. The zero-order chi connectivity index (χ0) is 37.0. The molecule has 2 heteroatoms. The van der Waals surface area contributed by atoms with E-state index < -0.39 is 0 Å². The summed E-state index contributed by atoms with van der Waals surface area (Å²) in [5, 5.41) is 2.51. The van der Waals surface area contributed by atoms with Crippen molar-refractivity contribution in [2.24, 2.45) is 0 Å². The molecule has 56 heavy (non-hydrogen) atoms. The maximum Gasteiger partial charge on any atom is 0.149 e. The van der Waals surface area contributed by atoms with Crippen molar-refractivity contribution in [3.8, 4) is 61.3 Å². The number of hydrogen-bond donors (Lipinski definition) is 1. The van der Waals surface area contributed by atoms with Crippen LogP contribution in [0, 0.1) is 0 Å². The molecule has 0 fully saturated rings. The predicted molar refractivity (Wildman–Crippen MR) is 234 cm³/mol. The van der Waals surface area contributed by atoms with Crippen molar-refractivity contribution in [2.45, 2.75) is 0 Å². The Hall–Kier alpha value is -7.26. The highest BCUT2D eigenvalue weighted by Crippen LogP contribution is 2.42. The SMILES string of the molecule is c1ccc(-c2ccc(-c3ccc(-n4c5ccccc5c5cc(-c6ccc7c(c6)-c6ccccc6[NH+]7c6ccc(-c7ccccc7)cc6)ccc54)cc3)cc2)cc1. The van der Waals surface area contributed by atoms with E-state index in [1.807, 2.05) is 0 Å². The van der Waals surface area contributed by atoms with E-state index in [1.54, 1.807) is 0 Å². The highest BCUT2D eigenvalue weighted by atomic mass is 15.2. The molecule has 10 aromatic rings. The van der Waals surface area contributed by atoms with Gasteiger partial charge in [0, 0.05) is 46.3 Å². The van der Waals surface area contributed by atoms with Gasteiger partial charge in [-0.05, 0) is 105 Å². The number of rotatable bonds is 6. The van der Waals surface area contributed by atoms with Crippen LogP contribution in [-0.2, 0) is 0 Å². The van der Waals surface area contributed by atoms with E-state index in [0.717, 1.165) is 5.69 Å². The van der Waals surface area contributed by atoms with Crippen LogP contribution in [0.2, 0.25) is 0 Å². The van der Waals surface area contributed by atoms with Gasteiger partial charge >= 0.3 is 0 Å². The van der Waals surface area contributed by atoms with E-state index in [2.05, 4.69) is 223 Å². The number of para-hydroxylation sites is 2. The van der Waals surface area contributed by atoms with Gasteiger partial charge in [0.1, 0.15) is 17.1 Å². The van der Waals surface area contributed by atoms with Crippen LogP contribution >= 0.6 is 0 Å². The van der Waals surface area contributed by atoms with Crippen LogP contribution in [0.4, 0.5) is 17.1 Å². The topological polar surface area (TPSA) is 9.37 Å². The molecule has 1 atom stereocenters. The van der Waals surface area contributed by atoms with Gasteiger partial charge in [0.15, 0.2) is 0 Å². The van der Waals surface area contributed by atoms with Crippen molar-refractivity contribution < 1.29 is 4.90 Å². The monoisotopic (exact) mass is 713 g/mol. The van der Waals surface area contributed by atoms with Crippen molar-refractivity contribution in [1.29, 1.82) is 0 Å². The number of aromatic nitrogens is 1. The molecular weight excluding hydrogens is 677 g/mol. The second-order valence-electron chi connectivity index (χ2n) is 14.7. The van der Waals surface area contributed by atoms with Gasteiger partial charge in [0.2, 0.25) is 0 Å². The molecule has 1 unspecified atom stereocenters. The predicted octanol–water partition coefficient (Wildman–Crippen LogP) is 13.6. The quantitative estimate of drug-likeness (QED) is 0.176. The zero-order valence-electron chi connectivity index (χ0n) is 30.7. The van der Waals surface area contributed by atoms with Gasteiger partial charge in [0.05, 0.1) is 16.6 Å². The molecule has 0 radical (unpaired) electrons. The second-order valence-corrected chi connectivity index (χ2v) is 14.7. The third kappa shape index (κ3) is 5.39. The van der Waals surface area contributed by atoms with Gasteiger partial charge < -0.3 is 4.57 Å². The molecule has 262 valence electrons. The molecule has 9 aromatic carbocycles. The van der Waals surface area contributed by atoms with Crippen molar-refractivity contribution in [2.75, 3.05) is 0 Å². The lowest BCUT2D eigenvalue weighted by Crippen LogP contribution is -2.95. The number of fused-ring (bicyclic) bond motifs is 6. The van der Waals surface area contributed by atoms with Crippen LogP contribution in [0.25, 0.3) is 83.1 Å². The summed E-state index contributed by atoms with van der Waals surface area (Å²) < 4.78 is 2.40. The first-order valence-corrected chi connectivity index (χ1v) is 19.3. The van der Waals surface area contributed by atoms with Gasteiger partial charge in [-0.15, -0.1) is 0 Å². The lowest BCUT2D eigenvalue weighted by atomic mass is 9.98. The summed E-state index contributed by atoms with van der Waals surface area (Å²) >= 11 is 0. The van der Waals surface area contributed by atoms with E-state index >= 15 is 0 Å². The largest absolute Gasteiger partial charge is 0.309 e.